The molecule has 1 aromatic rings. The predicted molar refractivity (Wildman–Crippen MR) is 69.6 cm³/mol. The van der Waals surface area contributed by atoms with Crippen LogP contribution in [-0.2, 0) is 16.1 Å². The van der Waals surface area contributed by atoms with Crippen molar-refractivity contribution in [1.82, 2.24) is 5.32 Å². The van der Waals surface area contributed by atoms with Crippen molar-refractivity contribution < 1.29 is 19.4 Å². The molecule has 1 heterocycles. The van der Waals surface area contributed by atoms with E-state index in [1.807, 2.05) is 30.3 Å². The van der Waals surface area contributed by atoms with Crippen LogP contribution >= 0.6 is 0 Å². The first-order valence-electron chi connectivity index (χ1n) is 6.45. The van der Waals surface area contributed by atoms with E-state index >= 15 is 0 Å². The number of amides is 1. The van der Waals surface area contributed by atoms with Crippen LogP contribution in [0.15, 0.2) is 30.3 Å². The van der Waals surface area contributed by atoms with Crippen LogP contribution in [0.1, 0.15) is 12.0 Å². The topological polar surface area (TPSA) is 67.8 Å². The molecule has 19 heavy (non-hydrogen) atoms. The van der Waals surface area contributed by atoms with E-state index in [9.17, 15) is 9.90 Å². The molecule has 2 atom stereocenters. The largest absolute Gasteiger partial charge is 0.445 e. The third-order valence-corrected chi connectivity index (χ3v) is 3.22. The Morgan fingerprint density at radius 1 is 1.42 bits per heavy atom. The third kappa shape index (κ3) is 4.22. The van der Waals surface area contributed by atoms with Crippen molar-refractivity contribution in [2.24, 2.45) is 5.92 Å². The van der Waals surface area contributed by atoms with Gasteiger partial charge in [-0.3, -0.25) is 0 Å². The molecule has 0 unspecified atom stereocenters. The summed E-state index contributed by atoms with van der Waals surface area (Å²) >= 11 is 0. The van der Waals surface area contributed by atoms with Crippen LogP contribution in [0.5, 0.6) is 0 Å². The number of ether oxygens (including phenoxy) is 2. The van der Waals surface area contributed by atoms with Crippen molar-refractivity contribution in [1.29, 1.82) is 0 Å². The van der Waals surface area contributed by atoms with Gasteiger partial charge in [-0.1, -0.05) is 30.3 Å². The highest BCUT2D eigenvalue weighted by molar-refractivity contribution is 5.67. The molecule has 0 aromatic heterocycles. The standard InChI is InChI=1S/C14H19NO4/c16-8-12-10-18-7-6-13(12)15-14(17)19-9-11-4-2-1-3-5-11/h1-5,12-13,16H,6-10H2,(H,15,17)/t12-,13-/m0/s1. The monoisotopic (exact) mass is 265 g/mol. The van der Waals surface area contributed by atoms with E-state index in [1.165, 1.54) is 0 Å². The number of nitrogens with one attached hydrogen (secondary N) is 1. The fourth-order valence-corrected chi connectivity index (χ4v) is 2.08. The molecule has 2 rings (SSSR count). The Labute approximate surface area is 112 Å². The van der Waals surface area contributed by atoms with E-state index in [0.717, 1.165) is 5.56 Å². The predicted octanol–water partition coefficient (Wildman–Crippen LogP) is 1.31. The lowest BCUT2D eigenvalue weighted by atomic mass is 9.97. The third-order valence-electron chi connectivity index (χ3n) is 3.22. The average molecular weight is 265 g/mol. The molecular formula is C14H19NO4. The van der Waals surface area contributed by atoms with Gasteiger partial charge in [0.1, 0.15) is 6.61 Å². The van der Waals surface area contributed by atoms with Crippen molar-refractivity contribution in [2.75, 3.05) is 19.8 Å². The van der Waals surface area contributed by atoms with Crippen LogP contribution in [0.3, 0.4) is 0 Å². The summed E-state index contributed by atoms with van der Waals surface area (Å²) in [4.78, 5) is 11.7. The molecule has 1 amide bonds. The van der Waals surface area contributed by atoms with Crippen molar-refractivity contribution in [3.05, 3.63) is 35.9 Å². The number of carbonyl (C=O) groups is 1. The van der Waals surface area contributed by atoms with Gasteiger partial charge in [0.2, 0.25) is 0 Å². The molecule has 0 saturated carbocycles. The van der Waals surface area contributed by atoms with Crippen LogP contribution < -0.4 is 5.32 Å². The van der Waals surface area contributed by atoms with Crippen molar-refractivity contribution in [2.45, 2.75) is 19.1 Å². The highest BCUT2D eigenvalue weighted by Crippen LogP contribution is 2.14. The molecule has 1 aromatic carbocycles. The Morgan fingerprint density at radius 3 is 2.95 bits per heavy atom. The maximum Gasteiger partial charge on any atom is 0.407 e. The lowest BCUT2D eigenvalue weighted by Gasteiger charge is -2.30. The Bertz CT molecular complexity index is 396. The van der Waals surface area contributed by atoms with E-state index in [-0.39, 0.29) is 25.2 Å². The van der Waals surface area contributed by atoms with Gasteiger partial charge in [-0.05, 0) is 12.0 Å². The summed E-state index contributed by atoms with van der Waals surface area (Å²) < 4.78 is 10.4. The number of carbonyl (C=O) groups excluding carboxylic acids is 1. The number of rotatable bonds is 4. The number of benzene rings is 1. The van der Waals surface area contributed by atoms with Crippen LogP contribution in [0.25, 0.3) is 0 Å². The molecule has 0 bridgehead atoms. The van der Waals surface area contributed by atoms with Crippen LogP contribution in [0.4, 0.5) is 4.79 Å². The van der Waals surface area contributed by atoms with Crippen molar-refractivity contribution in [3.63, 3.8) is 0 Å². The second-order valence-electron chi connectivity index (χ2n) is 4.62. The Kier molecular flexibility index (Phi) is 5.18. The van der Waals surface area contributed by atoms with Gasteiger partial charge < -0.3 is 19.9 Å². The molecule has 5 nitrogen and oxygen atoms in total. The van der Waals surface area contributed by atoms with Crippen LogP contribution in [-0.4, -0.2) is 37.1 Å². The minimum absolute atomic E-state index is 0.00360. The van der Waals surface area contributed by atoms with Gasteiger partial charge in [-0.15, -0.1) is 0 Å². The molecule has 1 fully saturated rings. The number of alkyl carbamates (subject to hydrolysis) is 1. The van der Waals surface area contributed by atoms with Gasteiger partial charge in [0, 0.05) is 18.6 Å². The van der Waals surface area contributed by atoms with Gasteiger partial charge in [0.25, 0.3) is 0 Å². The Balaban J connectivity index is 1.77. The first-order valence-corrected chi connectivity index (χ1v) is 6.45. The summed E-state index contributed by atoms with van der Waals surface area (Å²) in [5.41, 5.74) is 0.948. The molecule has 0 radical (unpaired) electrons. The SMILES string of the molecule is O=C(N[C@H]1CCOC[C@@H]1CO)OCc1ccccc1. The minimum atomic E-state index is -0.450. The van der Waals surface area contributed by atoms with Crippen molar-refractivity contribution in [3.8, 4) is 0 Å². The molecule has 1 saturated heterocycles. The van der Waals surface area contributed by atoms with Gasteiger partial charge >= 0.3 is 6.09 Å². The Hall–Kier alpha value is -1.59. The summed E-state index contributed by atoms with van der Waals surface area (Å²) in [7, 11) is 0. The summed E-state index contributed by atoms with van der Waals surface area (Å²) in [6.07, 6.45) is 0.250. The Morgan fingerprint density at radius 2 is 2.21 bits per heavy atom. The summed E-state index contributed by atoms with van der Waals surface area (Å²) in [6, 6.07) is 9.43. The lowest BCUT2D eigenvalue weighted by molar-refractivity contribution is 0.00755. The normalized spacial score (nSPS) is 22.8. The molecule has 0 aliphatic carbocycles. The van der Waals surface area contributed by atoms with Gasteiger partial charge in [0.15, 0.2) is 0 Å². The maximum absolute atomic E-state index is 11.7. The summed E-state index contributed by atoms with van der Waals surface area (Å²) in [6.45, 7) is 1.32. The first-order chi connectivity index (χ1) is 9.29. The molecule has 1 aliphatic heterocycles. The zero-order valence-corrected chi connectivity index (χ0v) is 10.7. The quantitative estimate of drug-likeness (QED) is 0.861. The summed E-state index contributed by atoms with van der Waals surface area (Å²) in [5, 5.41) is 12.0. The van der Waals surface area contributed by atoms with E-state index in [4.69, 9.17) is 9.47 Å². The second-order valence-corrected chi connectivity index (χ2v) is 4.62. The zero-order valence-electron chi connectivity index (χ0n) is 10.7. The fourth-order valence-electron chi connectivity index (χ4n) is 2.08. The maximum atomic E-state index is 11.7. The molecular weight excluding hydrogens is 246 g/mol. The van der Waals surface area contributed by atoms with Gasteiger partial charge in [0.05, 0.1) is 13.2 Å². The molecule has 0 spiro atoms. The van der Waals surface area contributed by atoms with Gasteiger partial charge in [-0.2, -0.15) is 0 Å². The smallest absolute Gasteiger partial charge is 0.407 e. The van der Waals surface area contributed by atoms with E-state index in [1.54, 1.807) is 0 Å². The average Bonchev–Trinajstić information content (AvgIpc) is 2.47. The fraction of sp³-hybridized carbons (Fsp3) is 0.500. The summed E-state index contributed by atoms with van der Waals surface area (Å²) in [5.74, 6) is -0.0574. The molecule has 5 heteroatoms. The van der Waals surface area contributed by atoms with Crippen LogP contribution in [0.2, 0.25) is 0 Å². The van der Waals surface area contributed by atoms with Crippen LogP contribution in [0, 0.1) is 5.92 Å². The number of hydrogen-bond acceptors (Lipinski definition) is 4. The molecule has 2 N–H and O–H groups in total. The van der Waals surface area contributed by atoms with Crippen molar-refractivity contribution >= 4 is 6.09 Å². The first kappa shape index (κ1) is 13.8. The molecule has 1 aliphatic rings. The highest BCUT2D eigenvalue weighted by atomic mass is 16.5. The van der Waals surface area contributed by atoms with E-state index in [0.29, 0.717) is 19.6 Å². The minimum Gasteiger partial charge on any atom is -0.445 e. The number of hydrogen-bond donors (Lipinski definition) is 2. The molecule has 104 valence electrons. The van der Waals surface area contributed by atoms with E-state index < -0.39 is 6.09 Å². The zero-order chi connectivity index (χ0) is 13.5. The number of aliphatic hydroxyl groups is 1. The van der Waals surface area contributed by atoms with Gasteiger partial charge in [-0.25, -0.2) is 4.79 Å². The number of aliphatic hydroxyl groups excluding tert-OH is 1. The second kappa shape index (κ2) is 7.11. The highest BCUT2D eigenvalue weighted by Gasteiger charge is 2.26. The lowest BCUT2D eigenvalue weighted by Crippen LogP contribution is -2.47. The van der Waals surface area contributed by atoms with E-state index in [2.05, 4.69) is 5.32 Å².